The van der Waals surface area contributed by atoms with E-state index >= 15 is 0 Å². The van der Waals surface area contributed by atoms with E-state index in [9.17, 15) is 63.6 Å². The van der Waals surface area contributed by atoms with Crippen LogP contribution in [0.2, 0.25) is 0 Å². The fourth-order valence-electron chi connectivity index (χ4n) is 7.63. The van der Waals surface area contributed by atoms with E-state index in [1.165, 1.54) is 61.1 Å². The number of fused-ring (bicyclic) bond motifs is 1. The minimum absolute atomic E-state index is 0.0500. The number of aromatic nitrogens is 3. The Balaban J connectivity index is 1.22. The molecule has 0 spiro atoms. The molecule has 400 valence electrons. The van der Waals surface area contributed by atoms with Crippen molar-refractivity contribution in [3.05, 3.63) is 114 Å². The number of hydrogen-bond acceptors (Lipinski definition) is 14. The minimum atomic E-state index is -1.71. The van der Waals surface area contributed by atoms with Gasteiger partial charge in [-0.2, -0.15) is 0 Å². The number of carboxylic acids is 1. The van der Waals surface area contributed by atoms with Crippen molar-refractivity contribution in [3.63, 3.8) is 0 Å². The third-order valence-electron chi connectivity index (χ3n) is 11.5. The lowest BCUT2D eigenvalue weighted by Gasteiger charge is -2.25. The Kier molecular flexibility index (Phi) is 21.2. The van der Waals surface area contributed by atoms with Crippen molar-refractivity contribution in [2.45, 2.75) is 82.2 Å². The predicted octanol–water partition coefficient (Wildman–Crippen LogP) is -2.20. The number of aliphatic carboxylic acids is 1. The number of phenolic OH excluding ortho intramolecular Hbond substituents is 2. The van der Waals surface area contributed by atoms with E-state index < -0.39 is 116 Å². The average Bonchev–Trinajstić information content (AvgIpc) is 4.06. The number of nitrogens with one attached hydrogen (secondary N) is 10. The van der Waals surface area contributed by atoms with Gasteiger partial charge in [-0.1, -0.05) is 56.3 Å². The van der Waals surface area contributed by atoms with Crippen LogP contribution in [0.5, 0.6) is 11.5 Å². The van der Waals surface area contributed by atoms with E-state index in [4.69, 9.17) is 5.73 Å². The zero-order valence-corrected chi connectivity index (χ0v) is 41.1. The van der Waals surface area contributed by atoms with Crippen LogP contribution < -0.4 is 48.3 Å². The van der Waals surface area contributed by atoms with Crippen molar-refractivity contribution in [2.75, 3.05) is 26.2 Å². The van der Waals surface area contributed by atoms with Gasteiger partial charge >= 0.3 is 5.97 Å². The Morgan fingerprint density at radius 2 is 1.08 bits per heavy atom. The van der Waals surface area contributed by atoms with Crippen molar-refractivity contribution >= 4 is 64.1 Å². The molecule has 0 saturated carbocycles. The van der Waals surface area contributed by atoms with Gasteiger partial charge in [0, 0.05) is 54.7 Å². The van der Waals surface area contributed by atoms with Crippen molar-refractivity contribution in [1.29, 1.82) is 0 Å². The molecule has 0 aliphatic heterocycles. The molecule has 5 rings (SSSR count). The van der Waals surface area contributed by atoms with Crippen molar-refractivity contribution in [2.24, 2.45) is 11.7 Å². The highest BCUT2D eigenvalue weighted by molar-refractivity contribution is 5.97. The van der Waals surface area contributed by atoms with Crippen LogP contribution in [0.25, 0.3) is 10.9 Å². The Hall–Kier alpha value is -8.84. The molecule has 0 radical (unpaired) electrons. The number of carbonyl (C=O) groups is 9. The number of aliphatic hydroxyl groups excluding tert-OH is 1. The van der Waals surface area contributed by atoms with Gasteiger partial charge < -0.3 is 78.7 Å². The highest BCUT2D eigenvalue weighted by atomic mass is 16.4. The summed E-state index contributed by atoms with van der Waals surface area (Å²) in [5.41, 5.74) is 8.85. The lowest BCUT2D eigenvalue weighted by atomic mass is 10.0. The molecule has 2 heterocycles. The number of hydrogen-bond donors (Lipinski definition) is 15. The second-order valence-corrected chi connectivity index (χ2v) is 18.0. The van der Waals surface area contributed by atoms with Crippen molar-refractivity contribution in [3.8, 4) is 11.5 Å². The van der Waals surface area contributed by atoms with Crippen LogP contribution in [0.1, 0.15) is 42.7 Å². The number of benzene rings is 3. The Labute approximate surface area is 429 Å². The molecule has 8 amide bonds. The van der Waals surface area contributed by atoms with Gasteiger partial charge in [-0.05, 0) is 59.4 Å². The molecule has 0 saturated heterocycles. The number of carbonyl (C=O) groups excluding carboxylic acids is 8. The van der Waals surface area contributed by atoms with Gasteiger partial charge in [0.2, 0.25) is 47.3 Å². The summed E-state index contributed by atoms with van der Waals surface area (Å²) in [6.07, 6.45) is 4.30. The number of imidazole rings is 1. The third-order valence-corrected chi connectivity index (χ3v) is 11.5. The second kappa shape index (κ2) is 27.8. The van der Waals surface area contributed by atoms with E-state index in [-0.39, 0.29) is 49.5 Å². The smallest absolute Gasteiger partial charge is 0.326 e. The van der Waals surface area contributed by atoms with Gasteiger partial charge in [-0.3, -0.25) is 38.4 Å². The quantitative estimate of drug-likeness (QED) is 0.0253. The van der Waals surface area contributed by atoms with Gasteiger partial charge in [0.1, 0.15) is 41.7 Å². The fourth-order valence-corrected chi connectivity index (χ4v) is 7.63. The van der Waals surface area contributed by atoms with Gasteiger partial charge in [0.05, 0.1) is 38.6 Å². The molecule has 0 bridgehead atoms. The summed E-state index contributed by atoms with van der Waals surface area (Å²) in [5, 5.41) is 59.9. The summed E-state index contributed by atoms with van der Waals surface area (Å²) in [5.74, 6) is -8.40. The second-order valence-electron chi connectivity index (χ2n) is 18.0. The van der Waals surface area contributed by atoms with Crippen LogP contribution in [0.15, 0.2) is 91.5 Å². The number of rotatable bonds is 28. The van der Waals surface area contributed by atoms with Crippen molar-refractivity contribution in [1.82, 2.24) is 57.5 Å². The largest absolute Gasteiger partial charge is 0.508 e. The van der Waals surface area contributed by atoms with E-state index in [1.54, 1.807) is 44.3 Å². The first-order chi connectivity index (χ1) is 35.8. The highest BCUT2D eigenvalue weighted by Crippen LogP contribution is 2.20. The summed E-state index contributed by atoms with van der Waals surface area (Å²) in [6.45, 7) is 0.571. The average molecular weight is 1040 g/mol. The van der Waals surface area contributed by atoms with E-state index in [0.717, 1.165) is 10.9 Å². The van der Waals surface area contributed by atoms with Gasteiger partial charge in [0.15, 0.2) is 0 Å². The maximum Gasteiger partial charge on any atom is 0.326 e. The molecule has 6 atom stereocenters. The van der Waals surface area contributed by atoms with E-state index in [1.807, 2.05) is 0 Å². The number of H-pyrrole nitrogens is 2. The summed E-state index contributed by atoms with van der Waals surface area (Å²) < 4.78 is 0. The zero-order chi connectivity index (χ0) is 54.6. The first kappa shape index (κ1) is 57.1. The standard InChI is InChI=1S/C50H62N12O13/c1-27(2)15-40(50(74)75)61-47(71)38(17-29-9-13-33(65)14-10-29)58-43(67)23-54-42(66)22-56-46(70)37(16-28-7-11-32(64)12-8-28)60-49(73)41(25-63)62-48(72)39(18-30-20-53-36-6-4-3-5-34(30)36)59-44(68)24-55-45(69)35(51)19-31-21-52-26-57-31/h3-14,20-21,26-27,35,37-41,53,63-65H,15-19,22-25,51H2,1-2H3,(H,52,57)(H,54,66)(H,55,69)(H,56,70)(H,58,67)(H,59,68)(H,60,73)(H,61,71)(H,62,72)(H,74,75)/t35-,37-,38-,39-,40-,41-/m0/s1. The molecule has 16 N–H and O–H groups in total. The topological polar surface area (TPSA) is 401 Å². The van der Waals surface area contributed by atoms with E-state index in [2.05, 4.69) is 57.5 Å². The first-order valence-electron chi connectivity index (χ1n) is 23.8. The maximum atomic E-state index is 14.0. The van der Waals surface area contributed by atoms with Gasteiger partial charge in [-0.25, -0.2) is 9.78 Å². The van der Waals surface area contributed by atoms with Gasteiger partial charge in [0.25, 0.3) is 0 Å². The number of nitrogens with two attached hydrogens (primary N) is 1. The lowest BCUT2D eigenvalue weighted by Crippen LogP contribution is -2.59. The fraction of sp³-hybridized carbons (Fsp3) is 0.360. The number of amides is 8. The number of aromatic hydroxyl groups is 2. The monoisotopic (exact) mass is 1040 g/mol. The summed E-state index contributed by atoms with van der Waals surface area (Å²) in [7, 11) is 0. The van der Waals surface area contributed by atoms with Gasteiger partial charge in [-0.15, -0.1) is 0 Å². The van der Waals surface area contributed by atoms with Crippen LogP contribution in [0, 0.1) is 5.92 Å². The summed E-state index contributed by atoms with van der Waals surface area (Å²) in [6, 6.07) is 10.3. The molecule has 5 aromatic rings. The third kappa shape index (κ3) is 18.3. The molecule has 0 aliphatic carbocycles. The van der Waals surface area contributed by atoms with Crippen molar-refractivity contribution < 1.29 is 63.6 Å². The van der Waals surface area contributed by atoms with Crippen LogP contribution in [-0.4, -0.2) is 151 Å². The number of aliphatic hydroxyl groups is 1. The number of carboxylic acid groups (broad SMARTS) is 1. The maximum absolute atomic E-state index is 14.0. The molecule has 0 unspecified atom stereocenters. The number of nitrogens with zero attached hydrogens (tertiary/aromatic N) is 1. The molecule has 3 aromatic carbocycles. The lowest BCUT2D eigenvalue weighted by molar-refractivity contribution is -0.142. The Morgan fingerprint density at radius 3 is 1.64 bits per heavy atom. The molecule has 2 aromatic heterocycles. The molecule has 0 aliphatic rings. The minimum Gasteiger partial charge on any atom is -0.508 e. The SMILES string of the molecule is CC(C)C[C@H](NC(=O)[C@H](Cc1ccc(O)cc1)NC(=O)CNC(=O)CNC(=O)[C@H](Cc1ccc(O)cc1)NC(=O)[C@H](CO)NC(=O)[C@H](Cc1c[nH]c2ccccc12)NC(=O)CNC(=O)[C@@H](N)Cc1cnc[nH]1)C(=O)O. The Bertz CT molecular complexity index is 2770. The normalized spacial score (nSPS) is 13.5. The summed E-state index contributed by atoms with van der Waals surface area (Å²) >= 11 is 0. The first-order valence-corrected chi connectivity index (χ1v) is 23.8. The summed E-state index contributed by atoms with van der Waals surface area (Å²) in [4.78, 5) is 129. The Morgan fingerprint density at radius 1 is 0.573 bits per heavy atom. The number of para-hydroxylation sites is 1. The molecule has 75 heavy (non-hydrogen) atoms. The number of aromatic amines is 2. The van der Waals surface area contributed by atoms with Crippen LogP contribution in [0.3, 0.4) is 0 Å². The van der Waals surface area contributed by atoms with E-state index in [0.29, 0.717) is 22.4 Å². The molecule has 25 heteroatoms. The van der Waals surface area contributed by atoms with Crippen LogP contribution >= 0.6 is 0 Å². The predicted molar refractivity (Wildman–Crippen MR) is 269 cm³/mol. The molecule has 0 fully saturated rings. The zero-order valence-electron chi connectivity index (χ0n) is 41.1. The van der Waals surface area contributed by atoms with Crippen LogP contribution in [-0.2, 0) is 68.8 Å². The highest BCUT2D eigenvalue weighted by Gasteiger charge is 2.32. The molecular formula is C50H62N12O13. The molecular weight excluding hydrogens is 977 g/mol. The van der Waals surface area contributed by atoms with Crippen LogP contribution in [0.4, 0.5) is 0 Å². The molecule has 25 nitrogen and oxygen atoms in total. The number of phenols is 2.